The molecule has 0 bridgehead atoms. The van der Waals surface area contributed by atoms with E-state index in [0.717, 1.165) is 11.3 Å². The molecule has 0 saturated heterocycles. The lowest BCUT2D eigenvalue weighted by Gasteiger charge is -2.26. The quantitative estimate of drug-likeness (QED) is 0.874. The van der Waals surface area contributed by atoms with Crippen LogP contribution in [0.4, 0.5) is 5.69 Å². The maximum atomic E-state index is 12.6. The largest absolute Gasteiger partial charge is 0.350 e. The van der Waals surface area contributed by atoms with Gasteiger partial charge in [-0.3, -0.25) is 14.5 Å². The number of anilines is 1. The van der Waals surface area contributed by atoms with Gasteiger partial charge in [0.25, 0.3) is 0 Å². The van der Waals surface area contributed by atoms with Crippen molar-refractivity contribution in [3.05, 3.63) is 29.8 Å². The summed E-state index contributed by atoms with van der Waals surface area (Å²) in [6.07, 6.45) is 0. The molecule has 0 aliphatic rings. The number of rotatable bonds is 6. The molecular weight excluding hydrogens is 290 g/mol. The van der Waals surface area contributed by atoms with Crippen LogP contribution in [0.5, 0.6) is 0 Å². The lowest BCUT2D eigenvalue weighted by Crippen LogP contribution is -2.47. The van der Waals surface area contributed by atoms with Gasteiger partial charge < -0.3 is 10.2 Å². The molecule has 1 N–H and O–H groups in total. The molecule has 0 unspecified atom stereocenters. The number of benzene rings is 1. The minimum atomic E-state index is -0.265. The number of carbonyl (C=O) groups excluding carboxylic acids is 2. The van der Waals surface area contributed by atoms with Gasteiger partial charge in [0.1, 0.15) is 0 Å². The third-order valence-corrected chi connectivity index (χ3v) is 3.36. The van der Waals surface area contributed by atoms with Crippen molar-refractivity contribution < 1.29 is 9.59 Å². The van der Waals surface area contributed by atoms with Gasteiger partial charge in [-0.15, -0.1) is 0 Å². The Hall–Kier alpha value is -1.88. The highest BCUT2D eigenvalue weighted by atomic mass is 16.2. The summed E-state index contributed by atoms with van der Waals surface area (Å²) in [4.78, 5) is 28.0. The molecule has 0 atom stereocenters. The summed E-state index contributed by atoms with van der Waals surface area (Å²) in [5.74, 6) is -0.0837. The van der Waals surface area contributed by atoms with Gasteiger partial charge in [-0.2, -0.15) is 0 Å². The van der Waals surface area contributed by atoms with Crippen LogP contribution in [0, 0.1) is 6.92 Å². The molecule has 5 heteroatoms. The van der Waals surface area contributed by atoms with Gasteiger partial charge in [-0.05, 0) is 53.3 Å². The Morgan fingerprint density at radius 1 is 1.13 bits per heavy atom. The molecule has 2 amide bonds. The summed E-state index contributed by atoms with van der Waals surface area (Å²) in [6.45, 7) is 10.8. The molecule has 0 fully saturated rings. The fourth-order valence-corrected chi connectivity index (χ4v) is 2.42. The molecule has 1 aromatic rings. The normalized spacial score (nSPS) is 11.4. The summed E-state index contributed by atoms with van der Waals surface area (Å²) >= 11 is 0. The van der Waals surface area contributed by atoms with Crippen LogP contribution in [0.25, 0.3) is 0 Å². The van der Waals surface area contributed by atoms with Crippen LogP contribution in [0.2, 0.25) is 0 Å². The number of hydrogen-bond acceptors (Lipinski definition) is 3. The first-order valence-corrected chi connectivity index (χ1v) is 7.99. The molecule has 0 aliphatic heterocycles. The molecular formula is C18H29N3O2. The highest BCUT2D eigenvalue weighted by molar-refractivity contribution is 5.95. The number of aryl methyl sites for hydroxylation is 1. The average molecular weight is 319 g/mol. The van der Waals surface area contributed by atoms with E-state index < -0.39 is 0 Å². The molecule has 0 aromatic heterocycles. The van der Waals surface area contributed by atoms with Crippen LogP contribution >= 0.6 is 0 Å². The van der Waals surface area contributed by atoms with E-state index in [1.165, 1.54) is 0 Å². The van der Waals surface area contributed by atoms with Gasteiger partial charge in [0.05, 0.1) is 13.1 Å². The van der Waals surface area contributed by atoms with Crippen molar-refractivity contribution in [3.63, 3.8) is 0 Å². The van der Waals surface area contributed by atoms with Crippen LogP contribution in [-0.2, 0) is 9.59 Å². The summed E-state index contributed by atoms with van der Waals surface area (Å²) < 4.78 is 0. The Morgan fingerprint density at radius 3 is 2.26 bits per heavy atom. The molecule has 1 aromatic carbocycles. The van der Waals surface area contributed by atoms with Crippen LogP contribution in [-0.4, -0.2) is 48.9 Å². The standard InChI is InChI=1S/C18H29N3O2/c1-7-21(15-11-9-8-10-14(15)2)17(23)13-20(6)12-16(22)19-18(3,4)5/h8-11H,7,12-13H2,1-6H3,(H,19,22). The zero-order valence-electron chi connectivity index (χ0n) is 15.1. The Labute approximate surface area is 139 Å². The van der Waals surface area contributed by atoms with Crippen molar-refractivity contribution in [2.24, 2.45) is 0 Å². The summed E-state index contributed by atoms with van der Waals surface area (Å²) in [7, 11) is 1.78. The van der Waals surface area contributed by atoms with Crippen LogP contribution < -0.4 is 10.2 Å². The van der Waals surface area contributed by atoms with Crippen LogP contribution in [0.1, 0.15) is 33.3 Å². The first kappa shape index (κ1) is 19.2. The molecule has 0 spiro atoms. The smallest absolute Gasteiger partial charge is 0.241 e. The second kappa shape index (κ2) is 8.11. The topological polar surface area (TPSA) is 52.7 Å². The van der Waals surface area contributed by atoms with E-state index in [4.69, 9.17) is 0 Å². The summed E-state index contributed by atoms with van der Waals surface area (Å²) in [5.41, 5.74) is 1.72. The minimum Gasteiger partial charge on any atom is -0.350 e. The third-order valence-electron chi connectivity index (χ3n) is 3.36. The van der Waals surface area contributed by atoms with Crippen molar-refractivity contribution >= 4 is 17.5 Å². The number of nitrogens with one attached hydrogen (secondary N) is 1. The Kier molecular flexibility index (Phi) is 6.76. The number of para-hydroxylation sites is 1. The Bertz CT molecular complexity index is 549. The Balaban J connectivity index is 2.66. The van der Waals surface area contributed by atoms with Crippen molar-refractivity contribution in [3.8, 4) is 0 Å². The highest BCUT2D eigenvalue weighted by Gasteiger charge is 2.20. The van der Waals surface area contributed by atoms with Crippen molar-refractivity contribution in [1.82, 2.24) is 10.2 Å². The van der Waals surface area contributed by atoms with E-state index in [-0.39, 0.29) is 30.4 Å². The maximum Gasteiger partial charge on any atom is 0.241 e. The lowest BCUT2D eigenvalue weighted by atomic mass is 10.1. The number of nitrogens with zero attached hydrogens (tertiary/aromatic N) is 2. The zero-order valence-corrected chi connectivity index (χ0v) is 15.1. The van der Waals surface area contributed by atoms with E-state index in [9.17, 15) is 9.59 Å². The lowest BCUT2D eigenvalue weighted by molar-refractivity contribution is -0.124. The second-order valence-electron chi connectivity index (χ2n) is 6.89. The van der Waals surface area contributed by atoms with E-state index in [1.807, 2.05) is 58.9 Å². The predicted molar refractivity (Wildman–Crippen MR) is 94.6 cm³/mol. The molecule has 0 heterocycles. The monoisotopic (exact) mass is 319 g/mol. The van der Waals surface area contributed by atoms with Gasteiger partial charge in [-0.1, -0.05) is 18.2 Å². The van der Waals surface area contributed by atoms with Gasteiger partial charge in [0.2, 0.25) is 11.8 Å². The maximum absolute atomic E-state index is 12.6. The van der Waals surface area contributed by atoms with Gasteiger partial charge in [-0.25, -0.2) is 0 Å². The first-order valence-electron chi connectivity index (χ1n) is 7.99. The molecule has 128 valence electrons. The average Bonchev–Trinajstić information content (AvgIpc) is 2.39. The number of hydrogen-bond donors (Lipinski definition) is 1. The van der Waals surface area contributed by atoms with E-state index in [0.29, 0.717) is 6.54 Å². The molecule has 0 radical (unpaired) electrons. The fourth-order valence-electron chi connectivity index (χ4n) is 2.42. The SMILES string of the molecule is CCN(C(=O)CN(C)CC(=O)NC(C)(C)C)c1ccccc1C. The number of likely N-dealkylation sites (N-methyl/N-ethyl adjacent to an activating group) is 2. The van der Waals surface area contributed by atoms with Crippen LogP contribution in [0.3, 0.4) is 0 Å². The fraction of sp³-hybridized carbons (Fsp3) is 0.556. The van der Waals surface area contributed by atoms with Gasteiger partial charge >= 0.3 is 0 Å². The Morgan fingerprint density at radius 2 is 1.74 bits per heavy atom. The second-order valence-corrected chi connectivity index (χ2v) is 6.89. The van der Waals surface area contributed by atoms with Crippen molar-refractivity contribution in [1.29, 1.82) is 0 Å². The number of carbonyl (C=O) groups is 2. The molecule has 5 nitrogen and oxygen atoms in total. The minimum absolute atomic E-state index is 0.00661. The van der Waals surface area contributed by atoms with E-state index in [2.05, 4.69) is 5.32 Å². The van der Waals surface area contributed by atoms with Gasteiger partial charge in [0.15, 0.2) is 0 Å². The molecule has 1 rings (SSSR count). The summed E-state index contributed by atoms with van der Waals surface area (Å²) in [5, 5.41) is 2.90. The predicted octanol–water partition coefficient (Wildman–Crippen LogP) is 2.19. The third kappa shape index (κ3) is 6.40. The molecule has 0 aliphatic carbocycles. The molecule has 0 saturated carbocycles. The van der Waals surface area contributed by atoms with Crippen molar-refractivity contribution in [2.75, 3.05) is 31.6 Å². The van der Waals surface area contributed by atoms with Gasteiger partial charge in [0, 0.05) is 17.8 Å². The molecule has 23 heavy (non-hydrogen) atoms. The number of amides is 2. The van der Waals surface area contributed by atoms with Crippen molar-refractivity contribution in [2.45, 2.75) is 40.2 Å². The van der Waals surface area contributed by atoms with E-state index in [1.54, 1.807) is 16.8 Å². The first-order chi connectivity index (χ1) is 10.6. The zero-order chi connectivity index (χ0) is 17.6. The van der Waals surface area contributed by atoms with E-state index >= 15 is 0 Å². The summed E-state index contributed by atoms with van der Waals surface area (Å²) in [6, 6.07) is 7.83. The van der Waals surface area contributed by atoms with Crippen LogP contribution in [0.15, 0.2) is 24.3 Å². The highest BCUT2D eigenvalue weighted by Crippen LogP contribution is 2.19.